The van der Waals surface area contributed by atoms with Crippen molar-refractivity contribution in [2.75, 3.05) is 19.6 Å². The van der Waals surface area contributed by atoms with E-state index in [0.717, 1.165) is 25.2 Å². The first kappa shape index (κ1) is 14.1. The van der Waals surface area contributed by atoms with Crippen LogP contribution in [0.2, 0.25) is 0 Å². The molecule has 2 aliphatic heterocycles. The Hall–Kier alpha value is -1.89. The van der Waals surface area contributed by atoms with E-state index in [1.54, 1.807) is 4.90 Å². The second-order valence-corrected chi connectivity index (χ2v) is 5.89. The lowest BCUT2D eigenvalue weighted by Crippen LogP contribution is -2.57. The molecule has 2 atom stereocenters. The van der Waals surface area contributed by atoms with Gasteiger partial charge in [-0.1, -0.05) is 0 Å². The number of amides is 2. The summed E-state index contributed by atoms with van der Waals surface area (Å²) in [5, 5.41) is 7.74. The molecule has 0 spiro atoms. The van der Waals surface area contributed by atoms with Gasteiger partial charge in [0.05, 0.1) is 18.8 Å². The van der Waals surface area contributed by atoms with Crippen molar-refractivity contribution in [1.82, 2.24) is 24.9 Å². The second kappa shape index (κ2) is 5.48. The molecular formula is C14H21N5O2. The molecule has 0 aromatic carbocycles. The van der Waals surface area contributed by atoms with Gasteiger partial charge in [0, 0.05) is 31.7 Å². The Morgan fingerprint density at radius 1 is 1.33 bits per heavy atom. The van der Waals surface area contributed by atoms with Gasteiger partial charge < -0.3 is 15.1 Å². The second-order valence-electron chi connectivity index (χ2n) is 5.89. The fourth-order valence-corrected chi connectivity index (χ4v) is 3.15. The van der Waals surface area contributed by atoms with Crippen molar-refractivity contribution in [3.63, 3.8) is 0 Å². The van der Waals surface area contributed by atoms with Crippen molar-refractivity contribution in [3.8, 4) is 0 Å². The maximum Gasteiger partial charge on any atom is 0.274 e. The standard InChI is InChI=1S/C14H21N5O2/c1-10-6-15-7-11(2)19(10)14(21)13-5-12-8-17(9-20)3-4-18(12)16-13/h5,9-11,15H,3-4,6-8H2,1-2H3. The van der Waals surface area contributed by atoms with Crippen LogP contribution in [-0.2, 0) is 17.9 Å². The van der Waals surface area contributed by atoms with Crippen molar-refractivity contribution in [2.45, 2.75) is 39.0 Å². The fraction of sp³-hybridized carbons (Fsp3) is 0.643. The van der Waals surface area contributed by atoms with E-state index >= 15 is 0 Å². The summed E-state index contributed by atoms with van der Waals surface area (Å²) in [5.74, 6) is -0.0175. The molecule has 0 aliphatic carbocycles. The quantitative estimate of drug-likeness (QED) is 0.758. The van der Waals surface area contributed by atoms with Crippen LogP contribution in [0, 0.1) is 0 Å². The first-order valence-electron chi connectivity index (χ1n) is 7.39. The highest BCUT2D eigenvalue weighted by molar-refractivity contribution is 5.93. The van der Waals surface area contributed by atoms with Crippen LogP contribution < -0.4 is 5.32 Å². The van der Waals surface area contributed by atoms with E-state index in [1.165, 1.54) is 0 Å². The number of hydrogen-bond acceptors (Lipinski definition) is 4. The van der Waals surface area contributed by atoms with Crippen LogP contribution in [0.25, 0.3) is 0 Å². The molecule has 1 aromatic heterocycles. The third-order valence-corrected chi connectivity index (χ3v) is 4.26. The van der Waals surface area contributed by atoms with Gasteiger partial charge >= 0.3 is 0 Å². The van der Waals surface area contributed by atoms with E-state index < -0.39 is 0 Å². The molecule has 7 heteroatoms. The lowest BCUT2D eigenvalue weighted by Gasteiger charge is -2.39. The molecule has 2 unspecified atom stereocenters. The van der Waals surface area contributed by atoms with Crippen LogP contribution in [0.5, 0.6) is 0 Å². The predicted octanol–water partition coefficient (Wildman–Crippen LogP) is -0.322. The van der Waals surface area contributed by atoms with Crippen molar-refractivity contribution in [2.24, 2.45) is 0 Å². The van der Waals surface area contributed by atoms with Gasteiger partial charge in [-0.25, -0.2) is 0 Å². The summed E-state index contributed by atoms with van der Waals surface area (Å²) in [5.41, 5.74) is 1.41. The largest absolute Gasteiger partial charge is 0.338 e. The summed E-state index contributed by atoms with van der Waals surface area (Å²) in [6.45, 7) is 7.52. The zero-order valence-electron chi connectivity index (χ0n) is 12.5. The Bertz CT molecular complexity index is 546. The molecule has 0 saturated carbocycles. The maximum atomic E-state index is 12.7. The summed E-state index contributed by atoms with van der Waals surface area (Å²) in [6.07, 6.45) is 0.846. The highest BCUT2D eigenvalue weighted by Gasteiger charge is 2.31. The SMILES string of the molecule is CC1CNCC(C)N1C(=O)c1cc2n(n1)CCN(C=O)C2. The van der Waals surface area contributed by atoms with Gasteiger partial charge in [-0.05, 0) is 19.9 Å². The Kier molecular flexibility index (Phi) is 3.67. The topological polar surface area (TPSA) is 70.5 Å². The van der Waals surface area contributed by atoms with E-state index in [-0.39, 0.29) is 18.0 Å². The van der Waals surface area contributed by atoms with Crippen molar-refractivity contribution in [3.05, 3.63) is 17.5 Å². The number of nitrogens with one attached hydrogen (secondary N) is 1. The number of rotatable bonds is 2. The molecule has 1 aromatic rings. The van der Waals surface area contributed by atoms with Gasteiger partial charge in [0.25, 0.3) is 5.91 Å². The van der Waals surface area contributed by atoms with Gasteiger partial charge in [0.15, 0.2) is 5.69 Å². The van der Waals surface area contributed by atoms with Crippen LogP contribution in [0.4, 0.5) is 0 Å². The molecule has 0 radical (unpaired) electrons. The van der Waals surface area contributed by atoms with Gasteiger partial charge in [-0.3, -0.25) is 14.3 Å². The van der Waals surface area contributed by atoms with Crippen LogP contribution in [-0.4, -0.2) is 63.6 Å². The van der Waals surface area contributed by atoms with Crippen LogP contribution in [0.1, 0.15) is 30.0 Å². The van der Waals surface area contributed by atoms with E-state index in [1.807, 2.05) is 29.5 Å². The molecule has 1 saturated heterocycles. The monoisotopic (exact) mass is 291 g/mol. The summed E-state index contributed by atoms with van der Waals surface area (Å²) >= 11 is 0. The minimum Gasteiger partial charge on any atom is -0.338 e. The van der Waals surface area contributed by atoms with Gasteiger partial charge in [-0.15, -0.1) is 0 Å². The molecule has 0 bridgehead atoms. The molecule has 7 nitrogen and oxygen atoms in total. The van der Waals surface area contributed by atoms with Crippen LogP contribution >= 0.6 is 0 Å². The summed E-state index contributed by atoms with van der Waals surface area (Å²) in [6, 6.07) is 2.14. The van der Waals surface area contributed by atoms with Crippen LogP contribution in [0.3, 0.4) is 0 Å². The average Bonchev–Trinajstić information content (AvgIpc) is 2.89. The van der Waals surface area contributed by atoms with Crippen molar-refractivity contribution >= 4 is 12.3 Å². The van der Waals surface area contributed by atoms with E-state index in [9.17, 15) is 9.59 Å². The zero-order chi connectivity index (χ0) is 15.0. The minimum atomic E-state index is -0.0175. The molecular weight excluding hydrogens is 270 g/mol. The molecule has 21 heavy (non-hydrogen) atoms. The third kappa shape index (κ3) is 2.53. The normalized spacial score (nSPS) is 25.6. The number of carbonyl (C=O) groups is 2. The molecule has 2 amide bonds. The Labute approximate surface area is 123 Å². The van der Waals surface area contributed by atoms with Gasteiger partial charge in [-0.2, -0.15) is 5.10 Å². The number of nitrogens with zero attached hydrogens (tertiary/aromatic N) is 4. The number of carbonyl (C=O) groups excluding carboxylic acids is 2. The molecule has 3 rings (SSSR count). The molecule has 114 valence electrons. The lowest BCUT2D eigenvalue weighted by atomic mass is 10.1. The number of aromatic nitrogens is 2. The van der Waals surface area contributed by atoms with Gasteiger partial charge in [0.1, 0.15) is 0 Å². The number of piperazine rings is 1. The first-order valence-corrected chi connectivity index (χ1v) is 7.39. The predicted molar refractivity (Wildman–Crippen MR) is 76.7 cm³/mol. The van der Waals surface area contributed by atoms with Gasteiger partial charge in [0.2, 0.25) is 6.41 Å². The maximum absolute atomic E-state index is 12.7. The van der Waals surface area contributed by atoms with Crippen molar-refractivity contribution in [1.29, 1.82) is 0 Å². The van der Waals surface area contributed by atoms with Crippen molar-refractivity contribution < 1.29 is 9.59 Å². The fourth-order valence-electron chi connectivity index (χ4n) is 3.15. The zero-order valence-corrected chi connectivity index (χ0v) is 12.5. The first-order chi connectivity index (χ1) is 10.1. The Morgan fingerprint density at radius 2 is 2.05 bits per heavy atom. The minimum absolute atomic E-state index is 0.0175. The van der Waals surface area contributed by atoms with E-state index in [4.69, 9.17) is 0 Å². The van der Waals surface area contributed by atoms with E-state index in [2.05, 4.69) is 10.4 Å². The molecule has 3 heterocycles. The summed E-state index contributed by atoms with van der Waals surface area (Å²) in [7, 11) is 0. The lowest BCUT2D eigenvalue weighted by molar-refractivity contribution is -0.119. The van der Waals surface area contributed by atoms with Crippen LogP contribution in [0.15, 0.2) is 6.07 Å². The average molecular weight is 291 g/mol. The Balaban J connectivity index is 1.82. The Morgan fingerprint density at radius 3 is 2.71 bits per heavy atom. The smallest absolute Gasteiger partial charge is 0.274 e. The highest BCUT2D eigenvalue weighted by atomic mass is 16.2. The molecule has 1 N–H and O–H groups in total. The number of hydrogen-bond donors (Lipinski definition) is 1. The molecule has 1 fully saturated rings. The highest BCUT2D eigenvalue weighted by Crippen LogP contribution is 2.17. The number of fused-ring (bicyclic) bond motifs is 1. The summed E-state index contributed by atoms with van der Waals surface area (Å²) in [4.78, 5) is 27.2. The third-order valence-electron chi connectivity index (χ3n) is 4.26. The van der Waals surface area contributed by atoms with E-state index in [0.29, 0.717) is 25.3 Å². The molecule has 2 aliphatic rings. The summed E-state index contributed by atoms with van der Waals surface area (Å²) < 4.78 is 1.84.